The molecule has 1 heterocycles. The standard InChI is InChI=1S/C8H11BrSi/c1-6-4-5-10(9)8(3)7(6)2/h4-5H,1-3H3. The molecule has 0 bridgehead atoms. The quantitative estimate of drug-likeness (QED) is 0.461. The molecule has 0 N–H and O–H groups in total. The maximum absolute atomic E-state index is 3.67. The zero-order chi connectivity index (χ0) is 7.72. The second-order valence-corrected chi connectivity index (χ2v) is 6.96. The van der Waals surface area contributed by atoms with Gasteiger partial charge >= 0.3 is 0 Å². The Bertz CT molecular complexity index is 229. The van der Waals surface area contributed by atoms with Crippen LogP contribution in [0.2, 0.25) is 0 Å². The molecule has 2 heteroatoms. The molecule has 0 spiro atoms. The molecule has 1 aromatic heterocycles. The third-order valence-electron chi connectivity index (χ3n) is 1.99. The van der Waals surface area contributed by atoms with Crippen molar-refractivity contribution in [1.29, 1.82) is 0 Å². The lowest BCUT2D eigenvalue weighted by Gasteiger charge is -2.04. The fourth-order valence-electron chi connectivity index (χ4n) is 0.923. The largest absolute Gasteiger partial charge is 0.124 e. The molecular weight excluding hydrogens is 204 g/mol. The van der Waals surface area contributed by atoms with E-state index in [1.807, 2.05) is 0 Å². The van der Waals surface area contributed by atoms with E-state index in [1.165, 1.54) is 16.3 Å². The second kappa shape index (κ2) is 2.97. The van der Waals surface area contributed by atoms with Crippen molar-refractivity contribution >= 4 is 22.3 Å². The van der Waals surface area contributed by atoms with Gasteiger partial charge in [-0.15, -0.1) is 0 Å². The van der Waals surface area contributed by atoms with Crippen LogP contribution in [0.5, 0.6) is 0 Å². The molecular formula is C8H11BrSi. The van der Waals surface area contributed by atoms with E-state index < -0.39 is 7.02 Å². The Morgan fingerprint density at radius 1 is 1.30 bits per heavy atom. The first-order chi connectivity index (χ1) is 4.63. The highest BCUT2D eigenvalue weighted by atomic mass is 79.9. The van der Waals surface area contributed by atoms with Gasteiger partial charge in [-0.2, -0.15) is 0 Å². The van der Waals surface area contributed by atoms with E-state index >= 15 is 0 Å². The summed E-state index contributed by atoms with van der Waals surface area (Å²) in [5.41, 5.74) is 5.15. The van der Waals surface area contributed by atoms with Crippen molar-refractivity contribution in [2.24, 2.45) is 0 Å². The molecule has 0 fully saturated rings. The first kappa shape index (κ1) is 8.15. The van der Waals surface area contributed by atoms with Crippen molar-refractivity contribution in [2.75, 3.05) is 0 Å². The number of aryl methyl sites for hydroxylation is 1. The fraction of sp³-hybridized carbons (Fsp3) is 0.375. The molecule has 0 aromatic carbocycles. The minimum atomic E-state index is -0.461. The summed E-state index contributed by atoms with van der Waals surface area (Å²) in [5, 5.41) is 1.53. The normalized spacial score (nSPS) is 10.0. The number of rotatable bonds is 0. The lowest BCUT2D eigenvalue weighted by Crippen LogP contribution is -1.95. The summed E-state index contributed by atoms with van der Waals surface area (Å²) in [6.07, 6.45) is 0. The van der Waals surface area contributed by atoms with Crippen molar-refractivity contribution in [2.45, 2.75) is 20.8 Å². The van der Waals surface area contributed by atoms with Crippen molar-refractivity contribution < 1.29 is 0 Å². The van der Waals surface area contributed by atoms with Gasteiger partial charge in [0.1, 0.15) is 7.02 Å². The van der Waals surface area contributed by atoms with Crippen molar-refractivity contribution in [1.82, 2.24) is 0 Å². The maximum atomic E-state index is 3.67. The van der Waals surface area contributed by atoms with Crippen molar-refractivity contribution in [3.63, 3.8) is 0 Å². The van der Waals surface area contributed by atoms with Gasteiger partial charge in [-0.25, -0.2) is 0 Å². The summed E-state index contributed by atoms with van der Waals surface area (Å²) >= 11 is 3.67. The van der Waals surface area contributed by atoms with Gasteiger partial charge in [-0.05, 0) is 31.9 Å². The van der Waals surface area contributed by atoms with Crippen LogP contribution >= 0.6 is 15.3 Å². The number of hydrogen-bond donors (Lipinski definition) is 0. The van der Waals surface area contributed by atoms with E-state index in [9.17, 15) is 0 Å². The molecule has 0 amide bonds. The fourth-order valence-corrected chi connectivity index (χ4v) is 3.41. The van der Waals surface area contributed by atoms with Crippen LogP contribution in [0, 0.1) is 20.8 Å². The summed E-state index contributed by atoms with van der Waals surface area (Å²) in [4.78, 5) is 0. The zero-order valence-electron chi connectivity index (χ0n) is 6.53. The molecule has 1 aromatic rings. The molecule has 0 unspecified atom stereocenters. The first-order valence-corrected chi connectivity index (χ1v) is 7.18. The highest BCUT2D eigenvalue weighted by Crippen LogP contribution is 2.12. The van der Waals surface area contributed by atoms with Crippen LogP contribution in [0.3, 0.4) is 0 Å². The van der Waals surface area contributed by atoms with Crippen LogP contribution in [0.1, 0.15) is 16.3 Å². The summed E-state index contributed by atoms with van der Waals surface area (Å²) < 4.78 is 0. The van der Waals surface area contributed by atoms with Crippen LogP contribution < -0.4 is 0 Å². The molecule has 54 valence electrons. The van der Waals surface area contributed by atoms with Crippen LogP contribution in [0.4, 0.5) is 0 Å². The highest BCUT2D eigenvalue weighted by Gasteiger charge is 1.99. The monoisotopic (exact) mass is 214 g/mol. The van der Waals surface area contributed by atoms with Crippen LogP contribution in [-0.2, 0) is 0 Å². The average molecular weight is 215 g/mol. The van der Waals surface area contributed by atoms with Gasteiger partial charge in [0.15, 0.2) is 0 Å². The van der Waals surface area contributed by atoms with E-state index in [1.54, 1.807) is 0 Å². The molecule has 0 radical (unpaired) electrons. The van der Waals surface area contributed by atoms with Crippen molar-refractivity contribution in [3.8, 4) is 0 Å². The van der Waals surface area contributed by atoms with E-state index in [4.69, 9.17) is 0 Å². The van der Waals surface area contributed by atoms with Gasteiger partial charge in [-0.3, -0.25) is 0 Å². The molecule has 0 saturated heterocycles. The topological polar surface area (TPSA) is 0 Å². The van der Waals surface area contributed by atoms with Gasteiger partial charge < -0.3 is 0 Å². The molecule has 0 aliphatic heterocycles. The molecule has 0 atom stereocenters. The maximum Gasteiger partial charge on any atom is 0.124 e. The Hall–Kier alpha value is 0.0469. The average Bonchev–Trinajstić information content (AvgIpc) is 1.93. The summed E-state index contributed by atoms with van der Waals surface area (Å²) in [7, 11) is -0.461. The number of halogens is 1. The Morgan fingerprint density at radius 2 is 1.90 bits per heavy atom. The highest BCUT2D eigenvalue weighted by molar-refractivity contribution is 9.24. The molecule has 0 aliphatic carbocycles. The number of hydrogen-bond acceptors (Lipinski definition) is 0. The summed E-state index contributed by atoms with van der Waals surface area (Å²) in [6.45, 7) is 6.57. The van der Waals surface area contributed by atoms with E-state index in [2.05, 4.69) is 47.8 Å². The Kier molecular flexibility index (Phi) is 2.42. The molecule has 10 heavy (non-hydrogen) atoms. The molecule has 0 saturated carbocycles. The van der Waals surface area contributed by atoms with Crippen LogP contribution in [0.25, 0.3) is 0 Å². The van der Waals surface area contributed by atoms with E-state index in [-0.39, 0.29) is 0 Å². The van der Waals surface area contributed by atoms with Crippen LogP contribution in [-0.4, -0.2) is 7.02 Å². The smallest absolute Gasteiger partial charge is 0.0931 e. The molecule has 0 aliphatic rings. The lowest BCUT2D eigenvalue weighted by molar-refractivity contribution is 1.31. The molecule has 0 nitrogen and oxygen atoms in total. The van der Waals surface area contributed by atoms with Crippen LogP contribution in [0.15, 0.2) is 11.7 Å². The lowest BCUT2D eigenvalue weighted by atomic mass is 10.2. The zero-order valence-corrected chi connectivity index (χ0v) is 9.12. The predicted octanol–water partition coefficient (Wildman–Crippen LogP) is 2.80. The van der Waals surface area contributed by atoms with E-state index in [0.717, 1.165) is 0 Å². The Morgan fingerprint density at radius 3 is 2.40 bits per heavy atom. The van der Waals surface area contributed by atoms with Crippen molar-refractivity contribution in [3.05, 3.63) is 28.0 Å². The summed E-state index contributed by atoms with van der Waals surface area (Å²) in [6, 6.07) is 2.21. The minimum absolute atomic E-state index is 0.461. The van der Waals surface area contributed by atoms with Gasteiger partial charge in [0, 0.05) is 0 Å². The molecule has 1 rings (SSSR count). The van der Waals surface area contributed by atoms with Gasteiger partial charge in [0.2, 0.25) is 0 Å². The van der Waals surface area contributed by atoms with Gasteiger partial charge in [-0.1, -0.05) is 32.2 Å². The van der Waals surface area contributed by atoms with E-state index in [0.29, 0.717) is 0 Å². The van der Waals surface area contributed by atoms with Gasteiger partial charge in [0.05, 0.1) is 0 Å². The second-order valence-electron chi connectivity index (χ2n) is 2.61. The predicted molar refractivity (Wildman–Crippen MR) is 50.9 cm³/mol. The third-order valence-corrected chi connectivity index (χ3v) is 6.12. The minimum Gasteiger partial charge on any atom is -0.0931 e. The SMILES string of the molecule is Cc1cc[si](Br)c(C)c1C. The van der Waals surface area contributed by atoms with Gasteiger partial charge in [0.25, 0.3) is 0 Å². The first-order valence-electron chi connectivity index (χ1n) is 3.35. The Balaban J connectivity index is 3.34. The third kappa shape index (κ3) is 1.38. The Labute approximate surface area is 71.4 Å². The summed E-state index contributed by atoms with van der Waals surface area (Å²) in [5.74, 6) is 0.